The van der Waals surface area contributed by atoms with E-state index in [0.29, 0.717) is 11.3 Å². The summed E-state index contributed by atoms with van der Waals surface area (Å²) in [4.78, 5) is 25.1. The first-order valence-corrected chi connectivity index (χ1v) is 6.00. The minimum absolute atomic E-state index is 0.418. The topological polar surface area (TPSA) is 49.4 Å². The largest absolute Gasteiger partial charge is 0.372 e. The Hall–Kier alpha value is -1.84. The molecule has 3 rings (SSSR count). The van der Waals surface area contributed by atoms with Gasteiger partial charge in [0.15, 0.2) is 0 Å². The average Bonchev–Trinajstić information content (AvgIpc) is 2.66. The molecule has 4 heteroatoms. The molecule has 0 spiro atoms. The molecule has 0 unspecified atom stereocenters. The number of piperidine rings is 1. The minimum atomic E-state index is -0.518. The van der Waals surface area contributed by atoms with Crippen LogP contribution in [0, 0.1) is 0 Å². The lowest BCUT2D eigenvalue weighted by molar-refractivity contribution is -0.112. The summed E-state index contributed by atoms with van der Waals surface area (Å²) >= 11 is 0. The number of benzene rings is 1. The van der Waals surface area contributed by atoms with Crippen molar-refractivity contribution in [2.75, 3.05) is 23.3 Å². The van der Waals surface area contributed by atoms with E-state index in [4.69, 9.17) is 0 Å². The van der Waals surface area contributed by atoms with Crippen LogP contribution >= 0.6 is 0 Å². The van der Waals surface area contributed by atoms with Gasteiger partial charge in [-0.2, -0.15) is 0 Å². The second-order valence-electron chi connectivity index (χ2n) is 4.56. The normalized spacial score (nSPS) is 19.2. The maximum Gasteiger partial charge on any atom is 0.296 e. The Labute approximate surface area is 99.6 Å². The summed E-state index contributed by atoms with van der Waals surface area (Å²) in [5.41, 5.74) is 2.20. The molecule has 1 fully saturated rings. The number of nitrogens with zero attached hydrogens (tertiary/aromatic N) is 1. The Morgan fingerprint density at radius 2 is 1.82 bits per heavy atom. The Bertz CT molecular complexity index is 490. The zero-order chi connectivity index (χ0) is 11.8. The maximum atomic E-state index is 11.6. The maximum absolute atomic E-state index is 11.6. The molecule has 1 aromatic carbocycles. The van der Waals surface area contributed by atoms with Crippen molar-refractivity contribution in [2.45, 2.75) is 19.3 Å². The van der Waals surface area contributed by atoms with Crippen molar-refractivity contribution in [1.29, 1.82) is 0 Å². The van der Waals surface area contributed by atoms with E-state index in [0.717, 1.165) is 18.8 Å². The number of fused-ring (bicyclic) bond motifs is 1. The summed E-state index contributed by atoms with van der Waals surface area (Å²) in [6, 6.07) is 5.63. The fourth-order valence-corrected chi connectivity index (χ4v) is 2.48. The Kier molecular flexibility index (Phi) is 2.35. The van der Waals surface area contributed by atoms with Gasteiger partial charge in [-0.25, -0.2) is 0 Å². The van der Waals surface area contributed by atoms with Gasteiger partial charge in [-0.3, -0.25) is 9.59 Å². The average molecular weight is 230 g/mol. The lowest BCUT2D eigenvalue weighted by atomic mass is 10.1. The van der Waals surface area contributed by atoms with E-state index in [1.807, 2.05) is 18.2 Å². The fraction of sp³-hybridized carbons (Fsp3) is 0.385. The lowest BCUT2D eigenvalue weighted by Crippen LogP contribution is -2.29. The van der Waals surface area contributed by atoms with Gasteiger partial charge in [0.1, 0.15) is 0 Å². The number of carbonyl (C=O) groups excluding carboxylic acids is 2. The highest BCUT2D eigenvalue weighted by Gasteiger charge is 2.28. The standard InChI is InChI=1S/C13H14N2O2/c16-12-10-8-9(15-6-2-1-3-7-15)4-5-11(10)14-13(12)17/h4-5,8H,1-3,6-7H2,(H,14,16,17). The molecule has 2 heterocycles. The monoisotopic (exact) mass is 230 g/mol. The molecule has 0 aliphatic carbocycles. The van der Waals surface area contributed by atoms with Crippen LogP contribution in [0.15, 0.2) is 18.2 Å². The first-order chi connectivity index (χ1) is 8.25. The van der Waals surface area contributed by atoms with Crippen molar-refractivity contribution in [1.82, 2.24) is 0 Å². The molecule has 1 aromatic rings. The molecule has 0 bridgehead atoms. The van der Waals surface area contributed by atoms with Gasteiger partial charge in [-0.05, 0) is 37.5 Å². The number of amides is 1. The van der Waals surface area contributed by atoms with Crippen LogP contribution in [0.5, 0.6) is 0 Å². The van der Waals surface area contributed by atoms with Gasteiger partial charge < -0.3 is 10.2 Å². The van der Waals surface area contributed by atoms with E-state index in [2.05, 4.69) is 10.2 Å². The molecule has 17 heavy (non-hydrogen) atoms. The molecule has 88 valence electrons. The number of hydrogen-bond acceptors (Lipinski definition) is 3. The van der Waals surface area contributed by atoms with Crippen molar-refractivity contribution in [3.05, 3.63) is 23.8 Å². The predicted molar refractivity (Wildman–Crippen MR) is 65.5 cm³/mol. The highest BCUT2D eigenvalue weighted by atomic mass is 16.2. The number of rotatable bonds is 1. The highest BCUT2D eigenvalue weighted by Crippen LogP contribution is 2.29. The van der Waals surface area contributed by atoms with Crippen molar-refractivity contribution in [2.24, 2.45) is 0 Å². The zero-order valence-corrected chi connectivity index (χ0v) is 9.53. The summed E-state index contributed by atoms with van der Waals surface area (Å²) in [6.45, 7) is 2.07. The molecule has 2 aliphatic rings. The molecule has 0 aromatic heterocycles. The van der Waals surface area contributed by atoms with Gasteiger partial charge in [0.2, 0.25) is 0 Å². The summed E-state index contributed by atoms with van der Waals surface area (Å²) in [5, 5.41) is 2.57. The molecule has 0 atom stereocenters. The first kappa shape index (κ1) is 10.3. The van der Waals surface area contributed by atoms with Gasteiger partial charge in [0.05, 0.1) is 11.3 Å². The van der Waals surface area contributed by atoms with E-state index in [9.17, 15) is 9.59 Å². The molecule has 4 nitrogen and oxygen atoms in total. The van der Waals surface area contributed by atoms with Crippen molar-refractivity contribution < 1.29 is 9.59 Å². The summed E-state index contributed by atoms with van der Waals surface area (Å²) in [6.07, 6.45) is 3.67. The van der Waals surface area contributed by atoms with E-state index in [-0.39, 0.29) is 0 Å². The molecule has 0 saturated carbocycles. The summed E-state index contributed by atoms with van der Waals surface area (Å²) in [7, 11) is 0. The molecule has 1 saturated heterocycles. The Morgan fingerprint density at radius 1 is 1.06 bits per heavy atom. The van der Waals surface area contributed by atoms with Crippen molar-refractivity contribution in [3.63, 3.8) is 0 Å². The van der Waals surface area contributed by atoms with Crippen LogP contribution in [0.1, 0.15) is 29.6 Å². The lowest BCUT2D eigenvalue weighted by Gasteiger charge is -2.29. The number of Topliss-reactive ketones (excluding diaryl/α,β-unsaturated/α-hetero) is 1. The van der Waals surface area contributed by atoms with Crippen LogP contribution in [-0.2, 0) is 4.79 Å². The van der Waals surface area contributed by atoms with Crippen LogP contribution in [-0.4, -0.2) is 24.8 Å². The minimum Gasteiger partial charge on any atom is -0.372 e. The van der Waals surface area contributed by atoms with Crippen LogP contribution in [0.2, 0.25) is 0 Å². The number of ketones is 1. The van der Waals surface area contributed by atoms with E-state index >= 15 is 0 Å². The fourth-order valence-electron chi connectivity index (χ4n) is 2.48. The smallest absolute Gasteiger partial charge is 0.296 e. The zero-order valence-electron chi connectivity index (χ0n) is 9.53. The number of carbonyl (C=O) groups is 2. The third kappa shape index (κ3) is 1.69. The molecule has 0 radical (unpaired) electrons. The van der Waals surface area contributed by atoms with Gasteiger partial charge in [0, 0.05) is 18.8 Å². The van der Waals surface area contributed by atoms with Crippen molar-refractivity contribution in [3.8, 4) is 0 Å². The van der Waals surface area contributed by atoms with Crippen LogP contribution < -0.4 is 10.2 Å². The Balaban J connectivity index is 1.93. The number of nitrogens with one attached hydrogen (secondary N) is 1. The predicted octanol–water partition coefficient (Wildman–Crippen LogP) is 1.81. The molecule has 2 aliphatic heterocycles. The van der Waals surface area contributed by atoms with E-state index in [1.165, 1.54) is 19.3 Å². The first-order valence-electron chi connectivity index (χ1n) is 6.00. The molecule has 1 amide bonds. The number of hydrogen-bond donors (Lipinski definition) is 1. The SMILES string of the molecule is O=C1Nc2ccc(N3CCCCC3)cc2C1=O. The van der Waals surface area contributed by atoms with E-state index < -0.39 is 11.7 Å². The molecular weight excluding hydrogens is 216 g/mol. The number of anilines is 2. The van der Waals surface area contributed by atoms with Gasteiger partial charge in [-0.15, -0.1) is 0 Å². The molecular formula is C13H14N2O2. The van der Waals surface area contributed by atoms with Crippen LogP contribution in [0.25, 0.3) is 0 Å². The second kappa shape index (κ2) is 3.87. The summed E-state index contributed by atoms with van der Waals surface area (Å²) in [5.74, 6) is -0.936. The van der Waals surface area contributed by atoms with Crippen LogP contribution in [0.4, 0.5) is 11.4 Å². The van der Waals surface area contributed by atoms with Gasteiger partial charge in [-0.1, -0.05) is 0 Å². The third-order valence-corrected chi connectivity index (χ3v) is 3.42. The van der Waals surface area contributed by atoms with Gasteiger partial charge in [0.25, 0.3) is 11.7 Å². The molecule has 1 N–H and O–H groups in total. The third-order valence-electron chi connectivity index (χ3n) is 3.42. The second-order valence-corrected chi connectivity index (χ2v) is 4.56. The van der Waals surface area contributed by atoms with Crippen molar-refractivity contribution >= 4 is 23.1 Å². The van der Waals surface area contributed by atoms with E-state index in [1.54, 1.807) is 0 Å². The van der Waals surface area contributed by atoms with Crippen LogP contribution in [0.3, 0.4) is 0 Å². The Morgan fingerprint density at radius 3 is 2.59 bits per heavy atom. The quantitative estimate of drug-likeness (QED) is 0.748. The van der Waals surface area contributed by atoms with Gasteiger partial charge >= 0.3 is 0 Å². The highest BCUT2D eigenvalue weighted by molar-refractivity contribution is 6.51. The summed E-state index contributed by atoms with van der Waals surface area (Å²) < 4.78 is 0.